The normalized spacial score (nSPS) is 9.50. The van der Waals surface area contributed by atoms with Gasteiger partial charge < -0.3 is 15.1 Å². The fraction of sp³-hybridized carbons (Fsp3) is 0.273. The number of hydrogen-bond donors (Lipinski definition) is 2. The minimum atomic E-state index is -0.334. The molecule has 2 N–H and O–H groups in total. The summed E-state index contributed by atoms with van der Waals surface area (Å²) in [5, 5.41) is 26.7. The molecule has 5 heteroatoms. The Hall–Kier alpha value is -2.22. The SMILES string of the molecule is CN(CCC#N)C(=O)c1ccc(O)c(O)c1. The molecule has 0 spiro atoms. The minimum absolute atomic E-state index is 0.256. The van der Waals surface area contributed by atoms with Gasteiger partial charge in [-0.2, -0.15) is 5.26 Å². The van der Waals surface area contributed by atoms with E-state index in [1.54, 1.807) is 7.05 Å². The van der Waals surface area contributed by atoms with Crippen molar-refractivity contribution in [1.82, 2.24) is 4.90 Å². The van der Waals surface area contributed by atoms with Gasteiger partial charge in [0.1, 0.15) is 0 Å². The summed E-state index contributed by atoms with van der Waals surface area (Å²) in [5.74, 6) is -0.902. The molecule has 0 aliphatic rings. The van der Waals surface area contributed by atoms with Gasteiger partial charge in [0, 0.05) is 19.2 Å². The summed E-state index contributed by atoms with van der Waals surface area (Å²) in [5.41, 5.74) is 0.274. The second-order valence-electron chi connectivity index (χ2n) is 3.34. The molecule has 0 aromatic heterocycles. The molecular weight excluding hydrogens is 208 g/mol. The number of hydrogen-bond acceptors (Lipinski definition) is 4. The van der Waals surface area contributed by atoms with E-state index < -0.39 is 0 Å². The number of aromatic hydroxyl groups is 2. The van der Waals surface area contributed by atoms with Crippen molar-refractivity contribution in [3.63, 3.8) is 0 Å². The highest BCUT2D eigenvalue weighted by atomic mass is 16.3. The van der Waals surface area contributed by atoms with E-state index in [2.05, 4.69) is 0 Å². The Kier molecular flexibility index (Phi) is 3.72. The van der Waals surface area contributed by atoms with E-state index in [1.807, 2.05) is 6.07 Å². The summed E-state index contributed by atoms with van der Waals surface area (Å²) in [7, 11) is 1.57. The Morgan fingerprint density at radius 2 is 2.12 bits per heavy atom. The molecule has 1 amide bonds. The molecule has 0 unspecified atom stereocenters. The topological polar surface area (TPSA) is 84.6 Å². The van der Waals surface area contributed by atoms with Gasteiger partial charge in [0.2, 0.25) is 0 Å². The number of phenols is 2. The molecule has 0 saturated carbocycles. The van der Waals surface area contributed by atoms with Gasteiger partial charge in [0.15, 0.2) is 11.5 Å². The van der Waals surface area contributed by atoms with E-state index in [4.69, 9.17) is 10.4 Å². The van der Waals surface area contributed by atoms with Crippen LogP contribution >= 0.6 is 0 Å². The number of carbonyl (C=O) groups excluding carboxylic acids is 1. The maximum atomic E-state index is 11.7. The van der Waals surface area contributed by atoms with E-state index in [0.29, 0.717) is 6.54 Å². The van der Waals surface area contributed by atoms with Crippen molar-refractivity contribution in [2.45, 2.75) is 6.42 Å². The summed E-state index contributed by atoms with van der Waals surface area (Å²) in [4.78, 5) is 13.1. The van der Waals surface area contributed by atoms with Crippen LogP contribution in [0.15, 0.2) is 18.2 Å². The van der Waals surface area contributed by atoms with E-state index >= 15 is 0 Å². The van der Waals surface area contributed by atoms with Crippen LogP contribution < -0.4 is 0 Å². The third kappa shape index (κ3) is 2.64. The number of benzene rings is 1. The fourth-order valence-corrected chi connectivity index (χ4v) is 1.20. The van der Waals surface area contributed by atoms with Crippen LogP contribution in [-0.2, 0) is 0 Å². The fourth-order valence-electron chi connectivity index (χ4n) is 1.20. The molecule has 16 heavy (non-hydrogen) atoms. The highest BCUT2D eigenvalue weighted by Gasteiger charge is 2.12. The molecule has 0 fully saturated rings. The highest BCUT2D eigenvalue weighted by Crippen LogP contribution is 2.25. The highest BCUT2D eigenvalue weighted by molar-refractivity contribution is 5.94. The lowest BCUT2D eigenvalue weighted by Gasteiger charge is -2.15. The van der Waals surface area contributed by atoms with Gasteiger partial charge in [-0.3, -0.25) is 4.79 Å². The first kappa shape index (κ1) is 11.9. The molecule has 0 atom stereocenters. The van der Waals surface area contributed by atoms with E-state index in [1.165, 1.54) is 23.1 Å². The standard InChI is InChI=1S/C11H12N2O3/c1-13(6-2-5-12)11(16)8-3-4-9(14)10(15)7-8/h3-4,7,14-15H,2,6H2,1H3. The molecule has 5 nitrogen and oxygen atoms in total. The van der Waals surface area contributed by atoms with Crippen LogP contribution in [0.3, 0.4) is 0 Å². The Morgan fingerprint density at radius 1 is 1.44 bits per heavy atom. The number of nitrogens with zero attached hydrogens (tertiary/aromatic N) is 2. The third-order valence-corrected chi connectivity index (χ3v) is 2.13. The summed E-state index contributed by atoms with van der Waals surface area (Å²) in [6, 6.07) is 5.80. The van der Waals surface area contributed by atoms with Crippen molar-refractivity contribution >= 4 is 5.91 Å². The first-order valence-electron chi connectivity index (χ1n) is 4.70. The van der Waals surface area contributed by atoms with E-state index in [9.17, 15) is 9.90 Å². The zero-order valence-electron chi connectivity index (χ0n) is 8.84. The molecule has 0 saturated heterocycles. The predicted molar refractivity (Wildman–Crippen MR) is 57.0 cm³/mol. The lowest BCUT2D eigenvalue weighted by atomic mass is 10.2. The first-order chi connectivity index (χ1) is 7.56. The maximum absolute atomic E-state index is 11.7. The van der Waals surface area contributed by atoms with Crippen LogP contribution in [0.4, 0.5) is 0 Å². The van der Waals surface area contributed by atoms with Crippen molar-refractivity contribution < 1.29 is 15.0 Å². The van der Waals surface area contributed by atoms with Crippen molar-refractivity contribution in [2.75, 3.05) is 13.6 Å². The average Bonchev–Trinajstić information content (AvgIpc) is 2.28. The lowest BCUT2D eigenvalue weighted by molar-refractivity contribution is 0.0797. The third-order valence-electron chi connectivity index (χ3n) is 2.13. The molecular formula is C11H12N2O3. The quantitative estimate of drug-likeness (QED) is 0.746. The summed E-state index contributed by atoms with van der Waals surface area (Å²) in [6.45, 7) is 0.330. The number of nitriles is 1. The number of rotatable bonds is 3. The van der Waals surface area contributed by atoms with Crippen LogP contribution in [0.1, 0.15) is 16.8 Å². The van der Waals surface area contributed by atoms with Crippen molar-refractivity contribution in [3.8, 4) is 17.6 Å². The van der Waals surface area contributed by atoms with E-state index in [0.717, 1.165) is 0 Å². The molecule has 0 bridgehead atoms. The average molecular weight is 220 g/mol. The van der Waals surface area contributed by atoms with Gasteiger partial charge in [0.25, 0.3) is 5.91 Å². The monoisotopic (exact) mass is 220 g/mol. The molecule has 1 aromatic rings. The number of amides is 1. The van der Waals surface area contributed by atoms with Crippen LogP contribution in [0, 0.1) is 11.3 Å². The summed E-state index contributed by atoms with van der Waals surface area (Å²) in [6.07, 6.45) is 0.256. The first-order valence-corrected chi connectivity index (χ1v) is 4.70. The number of carbonyl (C=O) groups is 1. The van der Waals surface area contributed by atoms with E-state index in [-0.39, 0.29) is 29.4 Å². The van der Waals surface area contributed by atoms with Crippen molar-refractivity contribution in [2.24, 2.45) is 0 Å². The summed E-state index contributed by atoms with van der Waals surface area (Å²) >= 11 is 0. The second kappa shape index (κ2) is 5.03. The Balaban J connectivity index is 2.80. The zero-order valence-corrected chi connectivity index (χ0v) is 8.84. The molecule has 1 aromatic carbocycles. The van der Waals surface area contributed by atoms with Gasteiger partial charge in [-0.1, -0.05) is 0 Å². The molecule has 84 valence electrons. The zero-order chi connectivity index (χ0) is 12.1. The molecule has 0 heterocycles. The Labute approximate surface area is 93.2 Å². The van der Waals surface area contributed by atoms with Crippen molar-refractivity contribution in [3.05, 3.63) is 23.8 Å². The summed E-state index contributed by atoms with van der Waals surface area (Å²) < 4.78 is 0. The smallest absolute Gasteiger partial charge is 0.253 e. The Morgan fingerprint density at radius 3 is 2.69 bits per heavy atom. The van der Waals surface area contributed by atoms with Gasteiger partial charge in [0.05, 0.1) is 12.5 Å². The maximum Gasteiger partial charge on any atom is 0.253 e. The molecule has 1 rings (SSSR count). The largest absolute Gasteiger partial charge is 0.504 e. The minimum Gasteiger partial charge on any atom is -0.504 e. The Bertz CT molecular complexity index is 437. The van der Waals surface area contributed by atoms with Crippen molar-refractivity contribution in [1.29, 1.82) is 5.26 Å². The van der Waals surface area contributed by atoms with Crippen LogP contribution in [-0.4, -0.2) is 34.6 Å². The van der Waals surface area contributed by atoms with Gasteiger partial charge in [-0.25, -0.2) is 0 Å². The lowest BCUT2D eigenvalue weighted by Crippen LogP contribution is -2.27. The predicted octanol–water partition coefficient (Wildman–Crippen LogP) is 1.08. The molecule has 0 aliphatic carbocycles. The van der Waals surface area contributed by atoms with Gasteiger partial charge in [-0.15, -0.1) is 0 Å². The van der Waals surface area contributed by atoms with Crippen LogP contribution in [0.2, 0.25) is 0 Å². The van der Waals surface area contributed by atoms with Gasteiger partial charge in [-0.05, 0) is 18.2 Å². The molecule has 0 radical (unpaired) electrons. The van der Waals surface area contributed by atoms with Crippen LogP contribution in [0.25, 0.3) is 0 Å². The van der Waals surface area contributed by atoms with Crippen LogP contribution in [0.5, 0.6) is 11.5 Å². The van der Waals surface area contributed by atoms with Gasteiger partial charge >= 0.3 is 0 Å². The number of phenolic OH excluding ortho intramolecular Hbond substituents is 2. The second-order valence-corrected chi connectivity index (χ2v) is 3.34. The molecule has 0 aliphatic heterocycles.